The second-order valence-corrected chi connectivity index (χ2v) is 6.74. The number of fused-ring (bicyclic) bond motifs is 1. The number of pyridine rings is 1. The van der Waals surface area contributed by atoms with Crippen molar-refractivity contribution < 1.29 is 9.47 Å². The van der Waals surface area contributed by atoms with Gasteiger partial charge in [0.25, 0.3) is 5.52 Å². The average molecular weight is 307 g/mol. The van der Waals surface area contributed by atoms with Crippen LogP contribution in [0.15, 0.2) is 54.7 Å². The lowest BCUT2D eigenvalue weighted by molar-refractivity contribution is -0.577. The van der Waals surface area contributed by atoms with Crippen molar-refractivity contribution in [3.8, 4) is 16.9 Å². The standard InChI is InChI=1S/C20H21NO2/c1-20(2,3)15-9-7-14(8-10-15)16-11-12-18(23-4)19-17(16)6-5-13-21(19)22/h5-13H,1-4H3. The molecule has 1 heterocycles. The van der Waals surface area contributed by atoms with E-state index in [4.69, 9.17) is 4.74 Å². The molecule has 0 atom stereocenters. The average Bonchev–Trinajstić information content (AvgIpc) is 2.53. The minimum Gasteiger partial charge on any atom is -0.618 e. The normalized spacial score (nSPS) is 11.7. The number of aromatic nitrogens is 1. The van der Waals surface area contributed by atoms with E-state index in [1.54, 1.807) is 13.2 Å². The van der Waals surface area contributed by atoms with Crippen LogP contribution in [0.2, 0.25) is 0 Å². The molecule has 1 aromatic heterocycles. The zero-order valence-corrected chi connectivity index (χ0v) is 14.0. The Kier molecular flexibility index (Phi) is 3.72. The quantitative estimate of drug-likeness (QED) is 0.518. The molecule has 0 amide bonds. The fourth-order valence-electron chi connectivity index (χ4n) is 2.84. The number of ether oxygens (including phenoxy) is 1. The van der Waals surface area contributed by atoms with Crippen LogP contribution >= 0.6 is 0 Å². The predicted molar refractivity (Wildman–Crippen MR) is 93.6 cm³/mol. The molecule has 0 bridgehead atoms. The highest BCUT2D eigenvalue weighted by atomic mass is 16.5. The lowest BCUT2D eigenvalue weighted by Gasteiger charge is -2.19. The number of nitrogens with zero attached hydrogens (tertiary/aromatic N) is 1. The van der Waals surface area contributed by atoms with Crippen molar-refractivity contribution in [3.05, 3.63) is 65.5 Å². The zero-order valence-electron chi connectivity index (χ0n) is 14.0. The third kappa shape index (κ3) is 2.74. The summed E-state index contributed by atoms with van der Waals surface area (Å²) in [6, 6.07) is 16.1. The van der Waals surface area contributed by atoms with Crippen molar-refractivity contribution >= 4 is 10.9 Å². The van der Waals surface area contributed by atoms with Crippen LogP contribution in [0.5, 0.6) is 5.75 Å². The zero-order chi connectivity index (χ0) is 16.6. The summed E-state index contributed by atoms with van der Waals surface area (Å²) in [7, 11) is 1.58. The highest BCUT2D eigenvalue weighted by Crippen LogP contribution is 2.33. The SMILES string of the molecule is COc1ccc(-c2ccc(C(C)(C)C)cc2)c2ccc[n+]([O-])c12. The third-order valence-corrected chi connectivity index (χ3v) is 4.17. The van der Waals surface area contributed by atoms with E-state index in [2.05, 4.69) is 45.0 Å². The van der Waals surface area contributed by atoms with Crippen molar-refractivity contribution in [1.29, 1.82) is 0 Å². The van der Waals surface area contributed by atoms with Crippen LogP contribution in [0.1, 0.15) is 26.3 Å². The van der Waals surface area contributed by atoms with Crippen molar-refractivity contribution in [2.45, 2.75) is 26.2 Å². The van der Waals surface area contributed by atoms with Gasteiger partial charge in [0, 0.05) is 6.07 Å². The van der Waals surface area contributed by atoms with Gasteiger partial charge in [-0.2, -0.15) is 4.73 Å². The number of rotatable bonds is 2. The molecule has 23 heavy (non-hydrogen) atoms. The van der Waals surface area contributed by atoms with Gasteiger partial charge in [0.2, 0.25) is 0 Å². The summed E-state index contributed by atoms with van der Waals surface area (Å²) in [6.07, 6.45) is 1.50. The van der Waals surface area contributed by atoms with Crippen molar-refractivity contribution in [2.75, 3.05) is 7.11 Å². The predicted octanol–water partition coefficient (Wildman–Crippen LogP) is 4.45. The molecule has 0 spiro atoms. The van der Waals surface area contributed by atoms with Crippen LogP contribution < -0.4 is 9.47 Å². The first-order chi connectivity index (χ1) is 10.9. The summed E-state index contributed by atoms with van der Waals surface area (Å²) in [5, 5.41) is 13.1. The van der Waals surface area contributed by atoms with E-state index in [1.807, 2.05) is 18.2 Å². The Morgan fingerprint density at radius 2 is 1.65 bits per heavy atom. The van der Waals surface area contributed by atoms with Crippen LogP contribution in [0.25, 0.3) is 22.0 Å². The summed E-state index contributed by atoms with van der Waals surface area (Å²) >= 11 is 0. The molecule has 0 aliphatic rings. The molecule has 0 saturated carbocycles. The van der Waals surface area contributed by atoms with Crippen molar-refractivity contribution in [1.82, 2.24) is 0 Å². The highest BCUT2D eigenvalue weighted by molar-refractivity contribution is 5.96. The molecule has 0 fully saturated rings. The number of benzene rings is 2. The molecular weight excluding hydrogens is 286 g/mol. The first-order valence-corrected chi connectivity index (χ1v) is 7.71. The Morgan fingerprint density at radius 3 is 2.26 bits per heavy atom. The van der Waals surface area contributed by atoms with E-state index in [-0.39, 0.29) is 5.41 Å². The Morgan fingerprint density at radius 1 is 0.957 bits per heavy atom. The summed E-state index contributed by atoms with van der Waals surface area (Å²) in [6.45, 7) is 6.60. The van der Waals surface area contributed by atoms with Crippen LogP contribution in [0.4, 0.5) is 0 Å². The summed E-state index contributed by atoms with van der Waals surface area (Å²) in [4.78, 5) is 0. The number of hydrogen-bond acceptors (Lipinski definition) is 2. The minimum absolute atomic E-state index is 0.124. The number of methoxy groups -OCH3 is 1. The van der Waals surface area contributed by atoms with Gasteiger partial charge in [0.1, 0.15) is 0 Å². The Labute approximate surface area is 136 Å². The van der Waals surface area contributed by atoms with Crippen molar-refractivity contribution in [2.24, 2.45) is 0 Å². The second kappa shape index (κ2) is 5.58. The van der Waals surface area contributed by atoms with E-state index in [1.165, 1.54) is 11.8 Å². The van der Waals surface area contributed by atoms with E-state index in [0.29, 0.717) is 11.3 Å². The van der Waals surface area contributed by atoms with Gasteiger partial charge in [-0.1, -0.05) is 45.0 Å². The Bertz CT molecular complexity index is 846. The van der Waals surface area contributed by atoms with E-state index in [0.717, 1.165) is 21.2 Å². The van der Waals surface area contributed by atoms with E-state index in [9.17, 15) is 5.21 Å². The molecule has 0 saturated heterocycles. The topological polar surface area (TPSA) is 36.2 Å². The second-order valence-electron chi connectivity index (χ2n) is 6.74. The molecule has 2 aromatic carbocycles. The van der Waals surface area contributed by atoms with Gasteiger partial charge >= 0.3 is 0 Å². The lowest BCUT2D eigenvalue weighted by atomic mass is 9.86. The Hall–Kier alpha value is -2.55. The highest BCUT2D eigenvalue weighted by Gasteiger charge is 2.17. The first kappa shape index (κ1) is 15.3. The lowest BCUT2D eigenvalue weighted by Crippen LogP contribution is -2.26. The fraction of sp³-hybridized carbons (Fsp3) is 0.250. The van der Waals surface area contributed by atoms with Gasteiger partial charge in [-0.15, -0.1) is 0 Å². The van der Waals surface area contributed by atoms with Gasteiger partial charge in [0.05, 0.1) is 12.5 Å². The molecule has 0 aliphatic heterocycles. The molecule has 3 heteroatoms. The first-order valence-electron chi connectivity index (χ1n) is 7.71. The molecule has 3 aromatic rings. The third-order valence-electron chi connectivity index (χ3n) is 4.17. The molecule has 0 aliphatic carbocycles. The minimum atomic E-state index is 0.124. The van der Waals surface area contributed by atoms with Gasteiger partial charge in [-0.25, -0.2) is 0 Å². The molecular formula is C20H21NO2. The number of hydrogen-bond donors (Lipinski definition) is 0. The monoisotopic (exact) mass is 307 g/mol. The van der Waals surface area contributed by atoms with Crippen LogP contribution in [0.3, 0.4) is 0 Å². The molecule has 3 rings (SSSR count). The molecule has 118 valence electrons. The molecule has 3 nitrogen and oxygen atoms in total. The maximum atomic E-state index is 12.2. The summed E-state index contributed by atoms with van der Waals surface area (Å²) in [5.74, 6) is 0.589. The van der Waals surface area contributed by atoms with Crippen LogP contribution in [-0.4, -0.2) is 7.11 Å². The summed E-state index contributed by atoms with van der Waals surface area (Å²) < 4.78 is 6.20. The van der Waals surface area contributed by atoms with Crippen LogP contribution in [0, 0.1) is 5.21 Å². The maximum absolute atomic E-state index is 12.2. The molecule has 0 radical (unpaired) electrons. The smallest absolute Gasteiger partial charge is 0.266 e. The van der Waals surface area contributed by atoms with Gasteiger partial charge in [-0.05, 0) is 40.3 Å². The molecule has 0 unspecified atom stereocenters. The van der Waals surface area contributed by atoms with Crippen molar-refractivity contribution in [3.63, 3.8) is 0 Å². The largest absolute Gasteiger partial charge is 0.618 e. The van der Waals surface area contributed by atoms with Gasteiger partial charge in [0.15, 0.2) is 11.9 Å². The van der Waals surface area contributed by atoms with E-state index >= 15 is 0 Å². The summed E-state index contributed by atoms with van der Waals surface area (Å²) in [5.41, 5.74) is 4.10. The van der Waals surface area contributed by atoms with Gasteiger partial charge in [-0.3, -0.25) is 0 Å². The van der Waals surface area contributed by atoms with Gasteiger partial charge < -0.3 is 9.94 Å². The maximum Gasteiger partial charge on any atom is 0.266 e. The Balaban J connectivity index is 2.19. The fourth-order valence-corrected chi connectivity index (χ4v) is 2.84. The van der Waals surface area contributed by atoms with Crippen LogP contribution in [-0.2, 0) is 5.41 Å². The van der Waals surface area contributed by atoms with E-state index < -0.39 is 0 Å². The molecule has 0 N–H and O–H groups in total.